The highest BCUT2D eigenvalue weighted by atomic mass is 32.1. The normalized spacial score (nSPS) is 12.8. The smallest absolute Gasteiger partial charge is 0.236 e. The van der Waals surface area contributed by atoms with Crippen LogP contribution in [0.2, 0.25) is 0 Å². The number of rotatable bonds is 5. The molecular weight excluding hydrogens is 234 g/mol. The Hall–Kier alpha value is -0.910. The summed E-state index contributed by atoms with van der Waals surface area (Å²) < 4.78 is 0. The Morgan fingerprint density at radius 1 is 1.47 bits per heavy atom. The van der Waals surface area contributed by atoms with Crippen LogP contribution in [0.5, 0.6) is 0 Å². The van der Waals surface area contributed by atoms with Crippen molar-refractivity contribution >= 4 is 17.2 Å². The van der Waals surface area contributed by atoms with Crippen LogP contribution in [-0.2, 0) is 4.79 Å². The molecule has 0 radical (unpaired) electrons. The maximum atomic E-state index is 11.7. The van der Waals surface area contributed by atoms with Gasteiger partial charge in [0.1, 0.15) is 0 Å². The molecule has 0 fully saturated rings. The maximum absolute atomic E-state index is 11.7. The molecule has 0 saturated heterocycles. The molecule has 1 unspecified atom stereocenters. The summed E-state index contributed by atoms with van der Waals surface area (Å²) in [6.45, 7) is 3.00. The average Bonchev–Trinajstić information content (AvgIpc) is 2.66. The van der Waals surface area contributed by atoms with Crippen molar-refractivity contribution in [1.29, 1.82) is 0 Å². The Morgan fingerprint density at radius 3 is 2.53 bits per heavy atom. The van der Waals surface area contributed by atoms with Gasteiger partial charge in [-0.05, 0) is 31.0 Å². The Bertz CT molecular complexity index is 376. The molecule has 0 spiro atoms. The molecule has 1 atom stereocenters. The van der Waals surface area contributed by atoms with Crippen LogP contribution < -0.4 is 5.73 Å². The zero-order valence-corrected chi connectivity index (χ0v) is 11.8. The molecule has 1 aromatic heterocycles. The standard InChI is InChI=1S/C12H21N3OS/c1-9-5-6-17-12(9)10(7-13)15(4)8-11(16)14(2)3/h5-6,10H,7-8,13H2,1-4H3. The monoisotopic (exact) mass is 255 g/mol. The Balaban J connectivity index is 2.75. The third-order valence-electron chi connectivity index (χ3n) is 2.84. The molecule has 17 heavy (non-hydrogen) atoms. The fraction of sp³-hybridized carbons (Fsp3) is 0.583. The molecule has 5 heteroatoms. The highest BCUT2D eigenvalue weighted by Crippen LogP contribution is 2.26. The number of nitrogens with zero attached hydrogens (tertiary/aromatic N) is 2. The number of nitrogens with two attached hydrogens (primary N) is 1. The molecule has 1 amide bonds. The van der Waals surface area contributed by atoms with Crippen LogP contribution in [0.15, 0.2) is 11.4 Å². The van der Waals surface area contributed by atoms with E-state index in [2.05, 4.69) is 18.4 Å². The minimum Gasteiger partial charge on any atom is -0.348 e. The number of hydrogen-bond donors (Lipinski definition) is 1. The van der Waals surface area contributed by atoms with Crippen molar-refractivity contribution in [2.75, 3.05) is 34.2 Å². The van der Waals surface area contributed by atoms with Crippen molar-refractivity contribution in [3.05, 3.63) is 21.9 Å². The van der Waals surface area contributed by atoms with Crippen molar-refractivity contribution in [1.82, 2.24) is 9.80 Å². The number of thiophene rings is 1. The van der Waals surface area contributed by atoms with Gasteiger partial charge in [0.2, 0.25) is 5.91 Å². The Kier molecular flexibility index (Phi) is 5.11. The predicted octanol–water partition coefficient (Wildman–Crippen LogP) is 1.08. The second-order valence-electron chi connectivity index (χ2n) is 4.42. The number of carbonyl (C=O) groups is 1. The lowest BCUT2D eigenvalue weighted by molar-refractivity contribution is -0.130. The number of hydrogen-bond acceptors (Lipinski definition) is 4. The zero-order valence-electron chi connectivity index (χ0n) is 10.9. The molecule has 0 saturated carbocycles. The van der Waals surface area contributed by atoms with Crippen LogP contribution in [0.3, 0.4) is 0 Å². The van der Waals surface area contributed by atoms with Crippen molar-refractivity contribution in [2.24, 2.45) is 5.73 Å². The molecule has 4 nitrogen and oxygen atoms in total. The van der Waals surface area contributed by atoms with Gasteiger partial charge < -0.3 is 10.6 Å². The summed E-state index contributed by atoms with van der Waals surface area (Å²) in [6, 6.07) is 2.21. The van der Waals surface area contributed by atoms with Gasteiger partial charge in [-0.1, -0.05) is 0 Å². The molecule has 2 N–H and O–H groups in total. The van der Waals surface area contributed by atoms with Crippen molar-refractivity contribution in [2.45, 2.75) is 13.0 Å². The SMILES string of the molecule is Cc1ccsc1C(CN)N(C)CC(=O)N(C)C. The molecule has 0 aliphatic rings. The highest BCUT2D eigenvalue weighted by molar-refractivity contribution is 7.10. The van der Waals surface area contributed by atoms with Crippen molar-refractivity contribution in [3.63, 3.8) is 0 Å². The van der Waals surface area contributed by atoms with E-state index in [-0.39, 0.29) is 11.9 Å². The largest absolute Gasteiger partial charge is 0.348 e. The molecule has 96 valence electrons. The molecule has 1 aromatic rings. The van der Waals surface area contributed by atoms with Crippen molar-refractivity contribution < 1.29 is 4.79 Å². The van der Waals surface area contributed by atoms with Crippen LogP contribution in [0.25, 0.3) is 0 Å². The van der Waals surface area contributed by atoms with Crippen LogP contribution in [0, 0.1) is 6.92 Å². The first-order chi connectivity index (χ1) is 7.97. The van der Waals surface area contributed by atoms with E-state index in [1.165, 1.54) is 10.4 Å². The first kappa shape index (κ1) is 14.2. The molecule has 1 rings (SSSR count). The maximum Gasteiger partial charge on any atom is 0.236 e. The fourth-order valence-electron chi connectivity index (χ4n) is 1.68. The topological polar surface area (TPSA) is 49.6 Å². The quantitative estimate of drug-likeness (QED) is 0.856. The van der Waals surface area contributed by atoms with Gasteiger partial charge in [-0.2, -0.15) is 0 Å². The second-order valence-corrected chi connectivity index (χ2v) is 5.37. The van der Waals surface area contributed by atoms with Gasteiger partial charge in [-0.25, -0.2) is 0 Å². The molecular formula is C12H21N3OS. The van der Waals surface area contributed by atoms with E-state index in [1.54, 1.807) is 30.3 Å². The van der Waals surface area contributed by atoms with Crippen molar-refractivity contribution in [3.8, 4) is 0 Å². The lowest BCUT2D eigenvalue weighted by Crippen LogP contribution is -2.38. The van der Waals surface area contributed by atoms with E-state index in [4.69, 9.17) is 5.73 Å². The first-order valence-electron chi connectivity index (χ1n) is 5.61. The van der Waals surface area contributed by atoms with E-state index in [1.807, 2.05) is 11.9 Å². The molecule has 0 bridgehead atoms. The number of likely N-dealkylation sites (N-methyl/N-ethyl adjacent to an activating group) is 2. The van der Waals surface area contributed by atoms with E-state index in [0.717, 1.165) is 0 Å². The summed E-state index contributed by atoms with van der Waals surface area (Å²) >= 11 is 1.70. The zero-order chi connectivity index (χ0) is 13.0. The minimum atomic E-state index is 0.0974. The molecule has 0 aromatic carbocycles. The molecule has 0 aliphatic carbocycles. The summed E-state index contributed by atoms with van der Waals surface area (Å²) in [5, 5.41) is 2.06. The van der Waals surface area contributed by atoms with E-state index in [0.29, 0.717) is 13.1 Å². The lowest BCUT2D eigenvalue weighted by atomic mass is 10.1. The van der Waals surface area contributed by atoms with Crippen LogP contribution >= 0.6 is 11.3 Å². The minimum absolute atomic E-state index is 0.0974. The number of carbonyl (C=O) groups excluding carboxylic acids is 1. The molecule has 0 aliphatic heterocycles. The van der Waals surface area contributed by atoms with E-state index >= 15 is 0 Å². The highest BCUT2D eigenvalue weighted by Gasteiger charge is 2.21. The summed E-state index contributed by atoms with van der Waals surface area (Å²) in [5.41, 5.74) is 7.07. The van der Waals surface area contributed by atoms with E-state index in [9.17, 15) is 4.79 Å². The van der Waals surface area contributed by atoms with Gasteiger partial charge in [-0.3, -0.25) is 9.69 Å². The van der Waals surface area contributed by atoms with Gasteiger partial charge in [0.15, 0.2) is 0 Å². The lowest BCUT2D eigenvalue weighted by Gasteiger charge is -2.27. The summed E-state index contributed by atoms with van der Waals surface area (Å²) in [4.78, 5) is 16.5. The summed E-state index contributed by atoms with van der Waals surface area (Å²) in [7, 11) is 5.48. The number of aryl methyl sites for hydroxylation is 1. The first-order valence-corrected chi connectivity index (χ1v) is 6.49. The average molecular weight is 255 g/mol. The second kappa shape index (κ2) is 6.14. The van der Waals surface area contributed by atoms with Gasteiger partial charge >= 0.3 is 0 Å². The van der Waals surface area contributed by atoms with Gasteiger partial charge in [0.05, 0.1) is 12.6 Å². The van der Waals surface area contributed by atoms with Gasteiger partial charge in [0, 0.05) is 25.5 Å². The van der Waals surface area contributed by atoms with Gasteiger partial charge in [-0.15, -0.1) is 11.3 Å². The predicted molar refractivity (Wildman–Crippen MR) is 72.2 cm³/mol. The van der Waals surface area contributed by atoms with E-state index < -0.39 is 0 Å². The number of amides is 1. The van der Waals surface area contributed by atoms with Crippen LogP contribution in [0.1, 0.15) is 16.5 Å². The van der Waals surface area contributed by atoms with Crippen LogP contribution in [-0.4, -0.2) is 49.9 Å². The van der Waals surface area contributed by atoms with Gasteiger partial charge in [0.25, 0.3) is 0 Å². The summed E-state index contributed by atoms with van der Waals surface area (Å²) in [6.07, 6.45) is 0. The summed E-state index contributed by atoms with van der Waals surface area (Å²) in [5.74, 6) is 0.0974. The fourth-order valence-corrected chi connectivity index (χ4v) is 2.78. The Labute approximate surface area is 107 Å². The third-order valence-corrected chi connectivity index (χ3v) is 3.96. The molecule has 1 heterocycles. The van der Waals surface area contributed by atoms with Crippen LogP contribution in [0.4, 0.5) is 0 Å². The third kappa shape index (κ3) is 3.52. The Morgan fingerprint density at radius 2 is 2.12 bits per heavy atom.